The summed E-state index contributed by atoms with van der Waals surface area (Å²) in [6, 6.07) is 13.0. The lowest BCUT2D eigenvalue weighted by Gasteiger charge is -2.24. The highest BCUT2D eigenvalue weighted by Gasteiger charge is 2.26. The number of rotatable bonds is 4. The number of hydrogen-bond donors (Lipinski definition) is 0. The molecule has 1 aliphatic rings. The van der Waals surface area contributed by atoms with Crippen molar-refractivity contribution in [1.82, 2.24) is 4.90 Å². The molecule has 1 aliphatic heterocycles. The molecule has 2 aromatic rings. The van der Waals surface area contributed by atoms with E-state index in [2.05, 4.69) is 29.2 Å². The first-order valence-electron chi connectivity index (χ1n) is 6.88. The minimum atomic E-state index is 0.492. The fourth-order valence-electron chi connectivity index (χ4n) is 2.88. The van der Waals surface area contributed by atoms with Crippen LogP contribution in [0.3, 0.4) is 0 Å². The first-order valence-corrected chi connectivity index (χ1v) is 8.08. The highest BCUT2D eigenvalue weighted by Crippen LogP contribution is 2.35. The summed E-state index contributed by atoms with van der Waals surface area (Å²) in [6.45, 7) is 2.14. The molecule has 4 heteroatoms. The molecule has 1 atom stereocenters. The van der Waals surface area contributed by atoms with Crippen LogP contribution >= 0.6 is 22.9 Å². The molecule has 0 bridgehead atoms. The zero-order valence-electron chi connectivity index (χ0n) is 11.5. The van der Waals surface area contributed by atoms with Gasteiger partial charge in [0.1, 0.15) is 5.75 Å². The quantitative estimate of drug-likeness (QED) is 0.808. The average Bonchev–Trinajstić information content (AvgIpc) is 3.08. The maximum absolute atomic E-state index is 6.02. The Hall–Kier alpha value is -1.03. The maximum atomic E-state index is 6.02. The van der Waals surface area contributed by atoms with Crippen molar-refractivity contribution < 1.29 is 4.74 Å². The van der Waals surface area contributed by atoms with Crippen LogP contribution in [0, 0.1) is 0 Å². The molecule has 0 amide bonds. The van der Waals surface area contributed by atoms with Crippen molar-refractivity contribution in [3.05, 3.63) is 51.2 Å². The third-order valence-electron chi connectivity index (χ3n) is 3.83. The fourth-order valence-corrected chi connectivity index (χ4v) is 3.99. The van der Waals surface area contributed by atoms with Crippen molar-refractivity contribution in [3.63, 3.8) is 0 Å². The minimum absolute atomic E-state index is 0.492. The molecule has 1 unspecified atom stereocenters. The number of halogens is 1. The van der Waals surface area contributed by atoms with Crippen LogP contribution in [0.25, 0.3) is 0 Å². The van der Waals surface area contributed by atoms with Gasteiger partial charge in [-0.25, -0.2) is 0 Å². The smallest absolute Gasteiger partial charge is 0.119 e. The Morgan fingerprint density at radius 2 is 2.25 bits per heavy atom. The fraction of sp³-hybridized carbons (Fsp3) is 0.375. The Bertz CT molecular complexity index is 583. The van der Waals surface area contributed by atoms with Crippen LogP contribution in [-0.2, 0) is 6.54 Å². The van der Waals surface area contributed by atoms with E-state index < -0.39 is 0 Å². The third-order valence-corrected chi connectivity index (χ3v) is 5.05. The summed E-state index contributed by atoms with van der Waals surface area (Å²) in [5.41, 5.74) is 1.35. The second-order valence-corrected chi connectivity index (χ2v) is 6.91. The summed E-state index contributed by atoms with van der Waals surface area (Å²) in [5, 5.41) is 0. The summed E-state index contributed by atoms with van der Waals surface area (Å²) < 4.78 is 6.21. The van der Waals surface area contributed by atoms with Crippen LogP contribution in [0.2, 0.25) is 4.34 Å². The first-order chi connectivity index (χ1) is 9.76. The van der Waals surface area contributed by atoms with Gasteiger partial charge in [0, 0.05) is 17.5 Å². The molecule has 2 heterocycles. The van der Waals surface area contributed by atoms with E-state index in [0.717, 1.165) is 23.2 Å². The number of methoxy groups -OCH3 is 1. The monoisotopic (exact) mass is 307 g/mol. The van der Waals surface area contributed by atoms with Gasteiger partial charge in [-0.05, 0) is 49.2 Å². The molecular formula is C16H18ClNOS. The minimum Gasteiger partial charge on any atom is -0.497 e. The van der Waals surface area contributed by atoms with Crippen LogP contribution in [0.1, 0.15) is 29.3 Å². The van der Waals surface area contributed by atoms with Gasteiger partial charge in [-0.3, -0.25) is 4.90 Å². The van der Waals surface area contributed by atoms with Gasteiger partial charge in [0.2, 0.25) is 0 Å². The van der Waals surface area contributed by atoms with Gasteiger partial charge in [0.15, 0.2) is 0 Å². The second-order valence-electron chi connectivity index (χ2n) is 5.11. The summed E-state index contributed by atoms with van der Waals surface area (Å²) in [5.74, 6) is 0.938. The molecule has 0 saturated carbocycles. The lowest BCUT2D eigenvalue weighted by atomic mass is 10.0. The molecule has 20 heavy (non-hydrogen) atoms. The number of thiophene rings is 1. The van der Waals surface area contributed by atoms with Crippen LogP contribution < -0.4 is 4.74 Å². The van der Waals surface area contributed by atoms with E-state index >= 15 is 0 Å². The molecule has 1 aromatic carbocycles. The molecule has 2 nitrogen and oxygen atoms in total. The highest BCUT2D eigenvalue weighted by atomic mass is 35.5. The number of benzene rings is 1. The van der Waals surface area contributed by atoms with Crippen LogP contribution in [-0.4, -0.2) is 18.6 Å². The summed E-state index contributed by atoms with van der Waals surface area (Å²) in [4.78, 5) is 3.88. The van der Waals surface area contributed by atoms with Gasteiger partial charge in [-0.15, -0.1) is 11.3 Å². The van der Waals surface area contributed by atoms with Gasteiger partial charge in [0.25, 0.3) is 0 Å². The predicted octanol–water partition coefficient (Wildman–Crippen LogP) is 4.75. The molecule has 0 radical (unpaired) electrons. The van der Waals surface area contributed by atoms with Gasteiger partial charge in [-0.1, -0.05) is 23.7 Å². The van der Waals surface area contributed by atoms with Crippen LogP contribution in [0.5, 0.6) is 5.75 Å². The second kappa shape index (κ2) is 6.17. The Morgan fingerprint density at radius 1 is 1.35 bits per heavy atom. The molecule has 0 N–H and O–H groups in total. The lowest BCUT2D eigenvalue weighted by Crippen LogP contribution is -2.22. The summed E-state index contributed by atoms with van der Waals surface area (Å²) in [6.07, 6.45) is 2.47. The van der Waals surface area contributed by atoms with E-state index in [1.807, 2.05) is 12.1 Å². The summed E-state index contributed by atoms with van der Waals surface area (Å²) >= 11 is 7.70. The first kappa shape index (κ1) is 13.9. The van der Waals surface area contributed by atoms with Gasteiger partial charge in [0.05, 0.1) is 11.4 Å². The van der Waals surface area contributed by atoms with E-state index in [-0.39, 0.29) is 0 Å². The number of ether oxygens (including phenoxy) is 1. The molecule has 0 spiro atoms. The Balaban J connectivity index is 1.77. The third kappa shape index (κ3) is 3.00. The van der Waals surface area contributed by atoms with Gasteiger partial charge < -0.3 is 4.74 Å². The zero-order valence-corrected chi connectivity index (χ0v) is 13.1. The maximum Gasteiger partial charge on any atom is 0.119 e. The van der Waals surface area contributed by atoms with Gasteiger partial charge >= 0.3 is 0 Å². The average molecular weight is 308 g/mol. The number of nitrogens with zero attached hydrogens (tertiary/aromatic N) is 1. The largest absolute Gasteiger partial charge is 0.497 e. The van der Waals surface area contributed by atoms with Crippen LogP contribution in [0.4, 0.5) is 0 Å². The van der Waals surface area contributed by atoms with Crippen LogP contribution in [0.15, 0.2) is 36.4 Å². The van der Waals surface area contributed by atoms with E-state index in [1.165, 1.54) is 23.3 Å². The van der Waals surface area contributed by atoms with Crippen molar-refractivity contribution in [2.45, 2.75) is 25.4 Å². The Labute approximate surface area is 128 Å². The molecule has 1 aromatic heterocycles. The number of hydrogen-bond acceptors (Lipinski definition) is 3. The molecule has 1 fully saturated rings. The van der Waals surface area contributed by atoms with Crippen molar-refractivity contribution in [1.29, 1.82) is 0 Å². The zero-order chi connectivity index (χ0) is 13.9. The van der Waals surface area contributed by atoms with Crippen molar-refractivity contribution in [2.75, 3.05) is 13.7 Å². The van der Waals surface area contributed by atoms with Crippen molar-refractivity contribution in [2.24, 2.45) is 0 Å². The topological polar surface area (TPSA) is 12.5 Å². The summed E-state index contributed by atoms with van der Waals surface area (Å²) in [7, 11) is 1.72. The SMILES string of the molecule is COc1cccc(C2CCCN2Cc2ccc(Cl)s2)c1. The molecule has 106 valence electrons. The molecular weight excluding hydrogens is 290 g/mol. The predicted molar refractivity (Wildman–Crippen MR) is 84.7 cm³/mol. The van der Waals surface area contributed by atoms with E-state index in [4.69, 9.17) is 16.3 Å². The van der Waals surface area contributed by atoms with E-state index in [9.17, 15) is 0 Å². The van der Waals surface area contributed by atoms with E-state index in [0.29, 0.717) is 6.04 Å². The molecule has 3 rings (SSSR count). The Kier molecular flexibility index (Phi) is 4.29. The van der Waals surface area contributed by atoms with Crippen molar-refractivity contribution in [3.8, 4) is 5.75 Å². The lowest BCUT2D eigenvalue weighted by molar-refractivity contribution is 0.250. The normalized spacial score (nSPS) is 19.4. The van der Waals surface area contributed by atoms with E-state index in [1.54, 1.807) is 18.4 Å². The Morgan fingerprint density at radius 3 is 3.00 bits per heavy atom. The van der Waals surface area contributed by atoms with Gasteiger partial charge in [-0.2, -0.15) is 0 Å². The highest BCUT2D eigenvalue weighted by molar-refractivity contribution is 7.16. The van der Waals surface area contributed by atoms with Crippen molar-refractivity contribution >= 4 is 22.9 Å². The standard InChI is InChI=1S/C16H18ClNOS/c1-19-13-5-2-4-12(10-13)15-6-3-9-18(15)11-14-7-8-16(17)20-14/h2,4-5,7-8,10,15H,3,6,9,11H2,1H3. The molecule has 1 saturated heterocycles. The number of likely N-dealkylation sites (tertiary alicyclic amines) is 1. The molecule has 0 aliphatic carbocycles.